The number of Topliss-reactive ketones (excluding diaryl/α,β-unsaturated/α-hetero) is 1. The van der Waals surface area contributed by atoms with E-state index < -0.39 is 34.8 Å². The summed E-state index contributed by atoms with van der Waals surface area (Å²) < 4.78 is 31.9. The maximum Gasteiger partial charge on any atom is 0.305 e. The van der Waals surface area contributed by atoms with Crippen molar-refractivity contribution in [3.8, 4) is 5.75 Å². The molecule has 1 saturated heterocycles. The largest absolute Gasteiger partial charge is 0.497 e. The van der Waals surface area contributed by atoms with Crippen LogP contribution in [0.2, 0.25) is 24.7 Å². The van der Waals surface area contributed by atoms with Crippen molar-refractivity contribution in [3.05, 3.63) is 90.5 Å². The molecule has 4 rings (SSSR count). The summed E-state index contributed by atoms with van der Waals surface area (Å²) in [6, 6.07) is 29.0. The van der Waals surface area contributed by atoms with Crippen molar-refractivity contribution in [1.82, 2.24) is 0 Å². The summed E-state index contributed by atoms with van der Waals surface area (Å²) in [5, 5.41) is 11.8. The van der Waals surface area contributed by atoms with Gasteiger partial charge in [0.2, 0.25) is 0 Å². The highest BCUT2D eigenvalue weighted by atomic mass is 28.4. The van der Waals surface area contributed by atoms with E-state index in [1.165, 1.54) is 10.4 Å². The standard InChI is InChI=1S/C40H56O8Si2/c1-40(2,3)50(37-14-10-8-11-15-37,38-16-12-9-13-17-38)46-23-22-33(45-29-30-18-20-32(44-4)21-19-30)26-34-24-31(41)25-35(47-34)27-36(28-39(42)43)48-49(5,6)7/h8-21,33-36H,22-29H2,1-7H3,(H,42,43)/t33-,34+,35-,36?/m1/s1. The van der Waals surface area contributed by atoms with Crippen LogP contribution in [0.5, 0.6) is 5.75 Å². The first-order valence-corrected chi connectivity index (χ1v) is 23.1. The van der Waals surface area contributed by atoms with Gasteiger partial charge in [0.1, 0.15) is 11.5 Å². The fourth-order valence-electron chi connectivity index (χ4n) is 7.00. The van der Waals surface area contributed by atoms with Crippen molar-refractivity contribution >= 4 is 38.8 Å². The van der Waals surface area contributed by atoms with Crippen molar-refractivity contribution in [2.45, 2.75) is 115 Å². The van der Waals surface area contributed by atoms with Gasteiger partial charge < -0.3 is 28.2 Å². The Balaban J connectivity index is 1.55. The molecular formula is C40H56O8Si2. The van der Waals surface area contributed by atoms with E-state index in [9.17, 15) is 14.7 Å². The fraction of sp³-hybridized carbons (Fsp3) is 0.500. The summed E-state index contributed by atoms with van der Waals surface area (Å²) in [5.41, 5.74) is 1.02. The predicted octanol–water partition coefficient (Wildman–Crippen LogP) is 7.14. The molecule has 3 aromatic rings. The SMILES string of the molecule is COc1ccc(CO[C@H](CCO[Si](c2ccccc2)(c2ccccc2)C(C)(C)C)C[C@@H]2CC(=O)C[C@H](CC(CC(=O)O)O[Si](C)(C)C)O2)cc1. The maximum absolute atomic E-state index is 13.1. The number of ether oxygens (including phenoxy) is 3. The molecule has 8 nitrogen and oxygen atoms in total. The Labute approximate surface area is 300 Å². The first kappa shape index (κ1) is 39.7. The van der Waals surface area contributed by atoms with E-state index >= 15 is 0 Å². The minimum atomic E-state index is -2.75. The van der Waals surface area contributed by atoms with Crippen LogP contribution in [0, 0.1) is 0 Å². The van der Waals surface area contributed by atoms with Crippen LogP contribution in [0.1, 0.15) is 64.9 Å². The number of aliphatic carboxylic acids is 1. The third-order valence-corrected chi connectivity index (χ3v) is 15.2. The Morgan fingerprint density at radius 1 is 0.860 bits per heavy atom. The molecule has 1 aliphatic rings. The van der Waals surface area contributed by atoms with Gasteiger partial charge in [-0.2, -0.15) is 0 Å². The molecule has 1 N–H and O–H groups in total. The quantitative estimate of drug-likeness (QED) is 0.139. The Morgan fingerprint density at radius 3 is 1.88 bits per heavy atom. The molecule has 1 fully saturated rings. The van der Waals surface area contributed by atoms with Crippen LogP contribution in [-0.2, 0) is 34.5 Å². The van der Waals surface area contributed by atoms with Gasteiger partial charge in [-0.3, -0.25) is 9.59 Å². The summed E-state index contributed by atoms with van der Waals surface area (Å²) in [4.78, 5) is 24.7. The molecule has 3 aromatic carbocycles. The zero-order valence-electron chi connectivity index (χ0n) is 30.9. The van der Waals surface area contributed by atoms with Gasteiger partial charge in [-0.05, 0) is 65.6 Å². The molecule has 0 saturated carbocycles. The highest BCUT2D eigenvalue weighted by molar-refractivity contribution is 6.99. The average Bonchev–Trinajstić information content (AvgIpc) is 3.04. The number of hydrogen-bond acceptors (Lipinski definition) is 7. The van der Waals surface area contributed by atoms with Gasteiger partial charge in [-0.25, -0.2) is 0 Å². The molecule has 1 unspecified atom stereocenters. The van der Waals surface area contributed by atoms with E-state index in [0.717, 1.165) is 11.3 Å². The van der Waals surface area contributed by atoms with Crippen LogP contribution in [0.3, 0.4) is 0 Å². The van der Waals surface area contributed by atoms with Crippen LogP contribution in [0.4, 0.5) is 0 Å². The summed E-state index contributed by atoms with van der Waals surface area (Å²) in [6.45, 7) is 13.8. The molecule has 0 bridgehead atoms. The Morgan fingerprint density at radius 2 is 1.40 bits per heavy atom. The zero-order valence-corrected chi connectivity index (χ0v) is 32.9. The molecule has 50 heavy (non-hydrogen) atoms. The lowest BCUT2D eigenvalue weighted by Crippen LogP contribution is -2.66. The van der Waals surface area contributed by atoms with E-state index in [0.29, 0.717) is 38.9 Å². The summed E-state index contributed by atoms with van der Waals surface area (Å²) >= 11 is 0. The second-order valence-corrected chi connectivity index (χ2v) is 24.1. The topological polar surface area (TPSA) is 101 Å². The van der Waals surface area contributed by atoms with E-state index in [1.807, 2.05) is 56.0 Å². The van der Waals surface area contributed by atoms with Crippen molar-refractivity contribution < 1.29 is 37.8 Å². The van der Waals surface area contributed by atoms with E-state index in [1.54, 1.807) is 7.11 Å². The maximum atomic E-state index is 13.1. The first-order valence-electron chi connectivity index (χ1n) is 17.7. The van der Waals surface area contributed by atoms with Gasteiger partial charge in [-0.15, -0.1) is 0 Å². The van der Waals surface area contributed by atoms with Crippen molar-refractivity contribution in [2.24, 2.45) is 0 Å². The lowest BCUT2D eigenvalue weighted by Gasteiger charge is -2.43. The zero-order chi connectivity index (χ0) is 36.4. The number of carbonyl (C=O) groups excluding carboxylic acids is 1. The van der Waals surface area contributed by atoms with Crippen LogP contribution >= 0.6 is 0 Å². The smallest absolute Gasteiger partial charge is 0.305 e. The second-order valence-electron chi connectivity index (χ2n) is 15.3. The highest BCUT2D eigenvalue weighted by Crippen LogP contribution is 2.37. The van der Waals surface area contributed by atoms with Crippen molar-refractivity contribution in [1.29, 1.82) is 0 Å². The van der Waals surface area contributed by atoms with E-state index in [4.69, 9.17) is 23.1 Å². The molecule has 272 valence electrons. The van der Waals surface area contributed by atoms with Gasteiger partial charge >= 0.3 is 5.97 Å². The lowest BCUT2D eigenvalue weighted by molar-refractivity contribution is -0.143. The number of rotatable bonds is 18. The van der Waals surface area contributed by atoms with Gasteiger partial charge in [0.25, 0.3) is 8.32 Å². The number of carboxylic acid groups (broad SMARTS) is 1. The predicted molar refractivity (Wildman–Crippen MR) is 202 cm³/mol. The van der Waals surface area contributed by atoms with Crippen LogP contribution in [0.25, 0.3) is 0 Å². The number of ketones is 1. The van der Waals surface area contributed by atoms with Crippen LogP contribution < -0.4 is 15.1 Å². The molecular weight excluding hydrogens is 665 g/mol. The second kappa shape index (κ2) is 17.9. The Bertz CT molecular complexity index is 1450. The molecule has 0 amide bonds. The van der Waals surface area contributed by atoms with E-state index in [2.05, 4.69) is 69.3 Å². The van der Waals surface area contributed by atoms with Gasteiger partial charge in [0.05, 0.1) is 44.6 Å². The normalized spacial score (nSPS) is 18.4. The first-order chi connectivity index (χ1) is 23.7. The average molecular weight is 721 g/mol. The number of hydrogen-bond donors (Lipinski definition) is 1. The number of methoxy groups -OCH3 is 1. The van der Waals surface area contributed by atoms with E-state index in [-0.39, 0.29) is 35.9 Å². The summed E-state index contributed by atoms with van der Waals surface area (Å²) in [5.74, 6) is -0.0194. The third-order valence-electron chi connectivity index (χ3n) is 9.09. The van der Waals surface area contributed by atoms with Gasteiger partial charge in [0.15, 0.2) is 8.32 Å². The fourth-order valence-corrected chi connectivity index (χ4v) is 12.8. The molecule has 10 heteroatoms. The molecule has 4 atom stereocenters. The third kappa shape index (κ3) is 11.4. The number of carboxylic acids is 1. The number of benzene rings is 3. The van der Waals surface area contributed by atoms with Crippen LogP contribution in [-0.4, -0.2) is 71.6 Å². The summed E-state index contributed by atoms with van der Waals surface area (Å²) in [7, 11) is -3.12. The molecule has 0 aromatic heterocycles. The van der Waals surface area contributed by atoms with Crippen LogP contribution in [0.15, 0.2) is 84.9 Å². The molecule has 0 spiro atoms. The summed E-state index contributed by atoms with van der Waals surface area (Å²) in [6.07, 6.45) is 0.426. The Kier molecular flexibility index (Phi) is 14.2. The molecule has 1 heterocycles. The monoisotopic (exact) mass is 720 g/mol. The van der Waals surface area contributed by atoms with Crippen molar-refractivity contribution in [3.63, 3.8) is 0 Å². The number of carbonyl (C=O) groups is 2. The minimum absolute atomic E-state index is 0.115. The highest BCUT2D eigenvalue weighted by Gasteiger charge is 2.50. The minimum Gasteiger partial charge on any atom is -0.497 e. The molecule has 0 aliphatic carbocycles. The molecule has 0 radical (unpaired) electrons. The van der Waals surface area contributed by atoms with Crippen molar-refractivity contribution in [2.75, 3.05) is 13.7 Å². The Hall–Kier alpha value is -3.13. The van der Waals surface area contributed by atoms with Gasteiger partial charge in [-0.1, -0.05) is 93.6 Å². The molecule has 1 aliphatic heterocycles. The lowest BCUT2D eigenvalue weighted by atomic mass is 9.94. The van der Waals surface area contributed by atoms with Gasteiger partial charge in [0, 0.05) is 25.9 Å².